The van der Waals surface area contributed by atoms with Crippen molar-refractivity contribution in [3.05, 3.63) is 63.0 Å². The van der Waals surface area contributed by atoms with Crippen molar-refractivity contribution < 1.29 is 19.1 Å². The average Bonchev–Trinajstić information content (AvgIpc) is 3.03. The quantitative estimate of drug-likeness (QED) is 0.674. The van der Waals surface area contributed by atoms with Gasteiger partial charge in [-0.3, -0.25) is 9.59 Å². The molecule has 0 atom stereocenters. The third-order valence-electron chi connectivity index (χ3n) is 3.74. The number of carbonyl (C=O) groups is 2. The van der Waals surface area contributed by atoms with Gasteiger partial charge in [0, 0.05) is 10.0 Å². The Morgan fingerprint density at radius 3 is 2.68 bits per heavy atom. The number of methoxy groups -OCH3 is 1. The molecule has 1 saturated heterocycles. The van der Waals surface area contributed by atoms with Gasteiger partial charge in [-0.25, -0.2) is 0 Å². The van der Waals surface area contributed by atoms with Crippen LogP contribution in [0, 0.1) is 0 Å². The van der Waals surface area contributed by atoms with Gasteiger partial charge in [-0.05, 0) is 54.6 Å². The van der Waals surface area contributed by atoms with E-state index in [0.29, 0.717) is 28.6 Å². The highest BCUT2D eigenvalue weighted by Gasteiger charge is 2.25. The van der Waals surface area contributed by atoms with E-state index in [0.717, 1.165) is 21.8 Å². The monoisotopic (exact) mass is 460 g/mol. The van der Waals surface area contributed by atoms with E-state index in [-0.39, 0.29) is 11.1 Å². The number of nitrogens with one attached hydrogen (secondary N) is 1. The number of ether oxygens (including phenoxy) is 2. The Morgan fingerprint density at radius 2 is 2.00 bits per heavy atom. The first-order valence-corrected chi connectivity index (χ1v) is 10.0. The molecule has 0 radical (unpaired) electrons. The van der Waals surface area contributed by atoms with Crippen molar-refractivity contribution in [3.63, 3.8) is 0 Å². The molecule has 0 bridgehead atoms. The van der Waals surface area contributed by atoms with E-state index < -0.39 is 5.91 Å². The summed E-state index contributed by atoms with van der Waals surface area (Å²) < 4.78 is 11.7. The van der Waals surface area contributed by atoms with Gasteiger partial charge in [0.1, 0.15) is 0 Å². The first-order valence-electron chi connectivity index (χ1n) is 8.41. The summed E-state index contributed by atoms with van der Waals surface area (Å²) in [4.78, 5) is 28.9. The van der Waals surface area contributed by atoms with E-state index in [1.165, 1.54) is 0 Å². The summed E-state index contributed by atoms with van der Waals surface area (Å²) in [5.41, 5.74) is 1.20. The molecule has 8 heteroatoms. The molecule has 2 aromatic carbocycles. The van der Waals surface area contributed by atoms with Crippen molar-refractivity contribution in [2.24, 2.45) is 4.99 Å². The molecule has 1 N–H and O–H groups in total. The fraction of sp³-hybridized carbons (Fsp3) is 0.150. The molecule has 144 valence electrons. The van der Waals surface area contributed by atoms with Gasteiger partial charge in [-0.15, -0.1) is 0 Å². The first-order chi connectivity index (χ1) is 13.5. The lowest BCUT2D eigenvalue weighted by molar-refractivity contribution is -0.115. The van der Waals surface area contributed by atoms with Crippen LogP contribution in [0.25, 0.3) is 6.08 Å². The predicted molar refractivity (Wildman–Crippen MR) is 114 cm³/mol. The van der Waals surface area contributed by atoms with E-state index in [1.807, 2.05) is 13.0 Å². The first kappa shape index (κ1) is 20.2. The van der Waals surface area contributed by atoms with E-state index in [4.69, 9.17) is 9.47 Å². The molecule has 0 aromatic heterocycles. The molecule has 2 amide bonds. The second kappa shape index (κ2) is 9.07. The normalized spacial score (nSPS) is 16.3. The number of amides is 2. The zero-order valence-electron chi connectivity index (χ0n) is 15.2. The highest BCUT2D eigenvalue weighted by atomic mass is 79.9. The molecule has 1 aliphatic heterocycles. The molecule has 1 heterocycles. The zero-order valence-corrected chi connectivity index (χ0v) is 17.6. The van der Waals surface area contributed by atoms with Gasteiger partial charge in [0.15, 0.2) is 16.7 Å². The summed E-state index contributed by atoms with van der Waals surface area (Å²) >= 11 is 4.60. The smallest absolute Gasteiger partial charge is 0.279 e. The maximum absolute atomic E-state index is 12.3. The molecule has 0 spiro atoms. The van der Waals surface area contributed by atoms with Crippen LogP contribution in [0.2, 0.25) is 0 Å². The highest BCUT2D eigenvalue weighted by Crippen LogP contribution is 2.36. The lowest BCUT2D eigenvalue weighted by atomic mass is 10.2. The van der Waals surface area contributed by atoms with E-state index in [2.05, 4.69) is 26.2 Å². The number of hydrogen-bond donors (Lipinski definition) is 1. The number of benzene rings is 2. The Morgan fingerprint density at radius 1 is 1.25 bits per heavy atom. The van der Waals surface area contributed by atoms with Crippen molar-refractivity contribution in [2.45, 2.75) is 6.92 Å². The maximum Gasteiger partial charge on any atom is 0.279 e. The third kappa shape index (κ3) is 4.63. The number of hydrogen-bond acceptors (Lipinski definition) is 5. The number of aliphatic imine (C=N–C) groups is 1. The number of rotatable bonds is 5. The third-order valence-corrected chi connectivity index (χ3v) is 5.34. The molecular formula is C20H17BrN2O4S. The van der Waals surface area contributed by atoms with Crippen LogP contribution in [0.3, 0.4) is 0 Å². The Kier molecular flexibility index (Phi) is 6.53. The summed E-state index contributed by atoms with van der Waals surface area (Å²) in [7, 11) is 1.56. The Hall–Kier alpha value is -2.58. The molecule has 1 aliphatic rings. The van der Waals surface area contributed by atoms with Crippen LogP contribution in [0.4, 0.5) is 0 Å². The van der Waals surface area contributed by atoms with E-state index in [9.17, 15) is 9.59 Å². The fourth-order valence-electron chi connectivity index (χ4n) is 2.45. The zero-order chi connectivity index (χ0) is 20.1. The van der Waals surface area contributed by atoms with Crippen molar-refractivity contribution in [3.8, 4) is 11.5 Å². The van der Waals surface area contributed by atoms with Crippen molar-refractivity contribution in [1.82, 2.24) is 5.32 Å². The van der Waals surface area contributed by atoms with Gasteiger partial charge < -0.3 is 14.8 Å². The van der Waals surface area contributed by atoms with Crippen molar-refractivity contribution >= 4 is 50.7 Å². The number of carbonyl (C=O) groups excluding carboxylic acids is 2. The molecule has 0 unspecified atom stereocenters. The van der Waals surface area contributed by atoms with Crippen molar-refractivity contribution in [2.75, 3.05) is 13.7 Å². The van der Waals surface area contributed by atoms with Crippen LogP contribution < -0.4 is 14.8 Å². The van der Waals surface area contributed by atoms with Gasteiger partial charge in [-0.2, -0.15) is 4.99 Å². The molecule has 0 aliphatic carbocycles. The van der Waals surface area contributed by atoms with Crippen LogP contribution >= 0.6 is 27.7 Å². The highest BCUT2D eigenvalue weighted by molar-refractivity contribution is 9.10. The summed E-state index contributed by atoms with van der Waals surface area (Å²) in [6, 6.07) is 12.3. The maximum atomic E-state index is 12.3. The van der Waals surface area contributed by atoms with Gasteiger partial charge >= 0.3 is 0 Å². The summed E-state index contributed by atoms with van der Waals surface area (Å²) in [6.45, 7) is 2.40. The molecular weight excluding hydrogens is 444 g/mol. The minimum absolute atomic E-state index is 0.249. The van der Waals surface area contributed by atoms with Crippen LogP contribution in [0.1, 0.15) is 22.8 Å². The van der Waals surface area contributed by atoms with E-state index >= 15 is 0 Å². The van der Waals surface area contributed by atoms with Gasteiger partial charge in [-0.1, -0.05) is 34.1 Å². The van der Waals surface area contributed by atoms with Crippen LogP contribution in [-0.4, -0.2) is 30.7 Å². The average molecular weight is 461 g/mol. The standard InChI is InChI=1S/C20H17BrN2O4S/c1-3-27-16-11-14(21)13(9-15(16)26-2)10-17-19(25)23-20(28-17)22-18(24)12-7-5-4-6-8-12/h4-11H,3H2,1-2H3,(H,22,23,24,25)/b17-10-. The number of nitrogens with zero attached hydrogens (tertiary/aromatic N) is 1. The Bertz CT molecular complexity index is 974. The number of thioether (sulfide) groups is 1. The van der Waals surface area contributed by atoms with Crippen LogP contribution in [0.15, 0.2) is 56.8 Å². The number of halogens is 1. The minimum atomic E-state index is -0.409. The van der Waals surface area contributed by atoms with Gasteiger partial charge in [0.2, 0.25) is 0 Å². The molecule has 0 saturated carbocycles. The fourth-order valence-corrected chi connectivity index (χ4v) is 3.70. The SMILES string of the molecule is CCOc1cc(Br)c(/C=C2\SC(=NC(=O)c3ccccc3)NC2=O)cc1OC. The Labute approximate surface area is 175 Å². The molecule has 6 nitrogen and oxygen atoms in total. The van der Waals surface area contributed by atoms with Crippen molar-refractivity contribution in [1.29, 1.82) is 0 Å². The largest absolute Gasteiger partial charge is 0.493 e. The van der Waals surface area contributed by atoms with E-state index in [1.54, 1.807) is 49.6 Å². The minimum Gasteiger partial charge on any atom is -0.493 e. The molecule has 3 rings (SSSR count). The molecule has 28 heavy (non-hydrogen) atoms. The summed E-state index contributed by atoms with van der Waals surface area (Å²) in [6.07, 6.45) is 1.71. The van der Waals surface area contributed by atoms with Gasteiger partial charge in [0.05, 0.1) is 18.6 Å². The topological polar surface area (TPSA) is 77.0 Å². The summed E-state index contributed by atoms with van der Waals surface area (Å²) in [5.74, 6) is 0.449. The Balaban J connectivity index is 1.85. The summed E-state index contributed by atoms with van der Waals surface area (Å²) in [5, 5.41) is 2.87. The molecule has 2 aromatic rings. The second-order valence-corrected chi connectivity index (χ2v) is 7.50. The van der Waals surface area contributed by atoms with Crippen LogP contribution in [0.5, 0.6) is 11.5 Å². The predicted octanol–water partition coefficient (Wildman–Crippen LogP) is 4.26. The number of amidine groups is 1. The van der Waals surface area contributed by atoms with Gasteiger partial charge in [0.25, 0.3) is 11.8 Å². The lowest BCUT2D eigenvalue weighted by Gasteiger charge is -2.11. The second-order valence-electron chi connectivity index (χ2n) is 5.61. The van der Waals surface area contributed by atoms with Crippen LogP contribution in [-0.2, 0) is 4.79 Å². The molecule has 1 fully saturated rings. The lowest BCUT2D eigenvalue weighted by Crippen LogP contribution is -2.20.